The predicted octanol–water partition coefficient (Wildman–Crippen LogP) is 6.20. The molecule has 1 aromatic rings. The van der Waals surface area contributed by atoms with Crippen LogP contribution in [0.15, 0.2) is 12.1 Å². The van der Waals surface area contributed by atoms with Gasteiger partial charge < -0.3 is 10.2 Å². The van der Waals surface area contributed by atoms with Crippen LogP contribution in [-0.2, 0) is 10.8 Å². The second-order valence-corrected chi connectivity index (χ2v) is 10.2. The minimum Gasteiger partial charge on any atom is -0.396 e. The molecule has 0 saturated carbocycles. The molecule has 0 bridgehead atoms. The second-order valence-electron chi connectivity index (χ2n) is 10.2. The number of rotatable bonds is 7. The number of hydrogen-bond acceptors (Lipinski definition) is 2. The van der Waals surface area contributed by atoms with Crippen molar-refractivity contribution < 1.29 is 10.2 Å². The van der Waals surface area contributed by atoms with Crippen molar-refractivity contribution in [2.75, 3.05) is 6.61 Å². The molecule has 0 aliphatic carbocycles. The first-order valence-electron chi connectivity index (χ1n) is 10.3. The third kappa shape index (κ3) is 4.89. The highest BCUT2D eigenvalue weighted by molar-refractivity contribution is 5.47. The van der Waals surface area contributed by atoms with Crippen LogP contribution in [0, 0.1) is 12.3 Å². The van der Waals surface area contributed by atoms with Gasteiger partial charge in [0.2, 0.25) is 0 Å². The summed E-state index contributed by atoms with van der Waals surface area (Å²) in [6.07, 6.45) is 3.05. The first-order chi connectivity index (χ1) is 11.8. The van der Waals surface area contributed by atoms with Crippen LogP contribution < -0.4 is 0 Å². The van der Waals surface area contributed by atoms with E-state index in [1.807, 2.05) is 0 Å². The number of aliphatic hydroxyl groups excluding tert-OH is 2. The fraction of sp³-hybridized carbons (Fsp3) is 0.750. The Balaban J connectivity index is 3.76. The van der Waals surface area contributed by atoms with Gasteiger partial charge in [0.25, 0.3) is 0 Å². The van der Waals surface area contributed by atoms with Crippen molar-refractivity contribution in [3.05, 3.63) is 34.4 Å². The van der Waals surface area contributed by atoms with E-state index < -0.39 is 11.5 Å². The minimum atomic E-state index is -0.659. The lowest BCUT2D eigenvalue weighted by Crippen LogP contribution is -2.36. The molecular weight excluding hydrogens is 320 g/mol. The maximum atomic E-state index is 11.7. The van der Waals surface area contributed by atoms with Gasteiger partial charge in [-0.15, -0.1) is 0 Å². The number of unbranched alkanes of at least 4 members (excludes halogenated alkanes) is 1. The van der Waals surface area contributed by atoms with Crippen LogP contribution in [0.25, 0.3) is 0 Å². The summed E-state index contributed by atoms with van der Waals surface area (Å²) in [5.41, 5.74) is 4.07. The summed E-state index contributed by atoms with van der Waals surface area (Å²) in [4.78, 5) is 0. The predicted molar refractivity (Wildman–Crippen MR) is 113 cm³/mol. The van der Waals surface area contributed by atoms with Gasteiger partial charge in [-0.05, 0) is 47.3 Å². The Labute approximate surface area is 162 Å². The van der Waals surface area contributed by atoms with Crippen molar-refractivity contribution in [1.82, 2.24) is 0 Å². The van der Waals surface area contributed by atoms with E-state index >= 15 is 0 Å². The van der Waals surface area contributed by atoms with Crippen molar-refractivity contribution in [2.24, 2.45) is 5.41 Å². The second kappa shape index (κ2) is 8.44. The molecule has 0 heterocycles. The summed E-state index contributed by atoms with van der Waals surface area (Å²) < 4.78 is 0. The molecule has 1 rings (SSSR count). The molecule has 26 heavy (non-hydrogen) atoms. The monoisotopic (exact) mass is 362 g/mol. The van der Waals surface area contributed by atoms with Crippen LogP contribution in [0.1, 0.15) is 109 Å². The van der Waals surface area contributed by atoms with E-state index in [0.717, 1.165) is 31.2 Å². The standard InChI is InChI=1S/C24H42O2/c1-10-12-13-24(11-2,16-25)21(26)20-18(22(4,5)6)14-17(3)15-19(20)23(7,8)9/h14-15,21,25-26H,10-13,16H2,1-9H3. The first kappa shape index (κ1) is 23.2. The zero-order valence-corrected chi connectivity index (χ0v) is 18.7. The molecule has 0 amide bonds. The third-order valence-electron chi connectivity index (χ3n) is 5.84. The molecule has 0 radical (unpaired) electrons. The Hall–Kier alpha value is -0.860. The third-order valence-corrected chi connectivity index (χ3v) is 5.84. The van der Waals surface area contributed by atoms with Gasteiger partial charge in [0, 0.05) is 5.41 Å². The van der Waals surface area contributed by atoms with Gasteiger partial charge in [-0.2, -0.15) is 0 Å². The Morgan fingerprint density at radius 3 is 1.69 bits per heavy atom. The number of hydrogen-bond donors (Lipinski definition) is 2. The van der Waals surface area contributed by atoms with Crippen LogP contribution in [0.4, 0.5) is 0 Å². The SMILES string of the molecule is CCCCC(CC)(CO)C(O)c1c(C(C)(C)C)cc(C)cc1C(C)(C)C. The molecule has 2 N–H and O–H groups in total. The first-order valence-corrected chi connectivity index (χ1v) is 10.3. The normalized spacial score (nSPS) is 16.4. The number of aliphatic hydroxyl groups is 2. The van der Waals surface area contributed by atoms with Gasteiger partial charge in [0.05, 0.1) is 12.7 Å². The van der Waals surface area contributed by atoms with Gasteiger partial charge in [-0.1, -0.05) is 85.9 Å². The van der Waals surface area contributed by atoms with Crippen LogP contribution in [-0.4, -0.2) is 16.8 Å². The quantitative estimate of drug-likeness (QED) is 0.606. The van der Waals surface area contributed by atoms with Crippen LogP contribution in [0.2, 0.25) is 0 Å². The van der Waals surface area contributed by atoms with Crippen LogP contribution in [0.5, 0.6) is 0 Å². The molecule has 0 aromatic heterocycles. The molecule has 0 aliphatic rings. The number of benzene rings is 1. The van der Waals surface area contributed by atoms with E-state index in [-0.39, 0.29) is 17.4 Å². The average molecular weight is 363 g/mol. The van der Waals surface area contributed by atoms with Gasteiger partial charge in [0.15, 0.2) is 0 Å². The van der Waals surface area contributed by atoms with E-state index in [0.29, 0.717) is 0 Å². The topological polar surface area (TPSA) is 40.5 Å². The van der Waals surface area contributed by atoms with Crippen molar-refractivity contribution in [3.63, 3.8) is 0 Å². The maximum Gasteiger partial charge on any atom is 0.0873 e. The summed E-state index contributed by atoms with van der Waals surface area (Å²) in [6, 6.07) is 4.46. The lowest BCUT2D eigenvalue weighted by Gasteiger charge is -2.41. The zero-order valence-electron chi connectivity index (χ0n) is 18.7. The molecule has 2 unspecified atom stereocenters. The van der Waals surface area contributed by atoms with Crippen LogP contribution in [0.3, 0.4) is 0 Å². The van der Waals surface area contributed by atoms with E-state index in [1.54, 1.807) is 0 Å². The smallest absolute Gasteiger partial charge is 0.0873 e. The summed E-state index contributed by atoms with van der Waals surface area (Å²) in [6.45, 7) is 19.7. The van der Waals surface area contributed by atoms with Gasteiger partial charge in [-0.25, -0.2) is 0 Å². The minimum absolute atomic E-state index is 0.0196. The maximum absolute atomic E-state index is 11.7. The molecule has 0 aliphatic heterocycles. The highest BCUT2D eigenvalue weighted by atomic mass is 16.3. The zero-order chi connectivity index (χ0) is 20.3. The largest absolute Gasteiger partial charge is 0.396 e. The lowest BCUT2D eigenvalue weighted by molar-refractivity contribution is -0.0319. The Morgan fingerprint density at radius 2 is 1.38 bits per heavy atom. The molecule has 2 nitrogen and oxygen atoms in total. The van der Waals surface area contributed by atoms with Crippen molar-refractivity contribution in [1.29, 1.82) is 0 Å². The van der Waals surface area contributed by atoms with E-state index in [1.165, 1.54) is 16.7 Å². The fourth-order valence-corrected chi connectivity index (χ4v) is 3.95. The molecule has 0 spiro atoms. The molecule has 2 atom stereocenters. The van der Waals surface area contributed by atoms with E-state index in [2.05, 4.69) is 74.4 Å². The Kier molecular flexibility index (Phi) is 7.52. The number of aryl methyl sites for hydroxylation is 1. The van der Waals surface area contributed by atoms with E-state index in [9.17, 15) is 10.2 Å². The van der Waals surface area contributed by atoms with Crippen molar-refractivity contribution >= 4 is 0 Å². The van der Waals surface area contributed by atoms with E-state index in [4.69, 9.17) is 0 Å². The molecule has 0 saturated heterocycles. The highest BCUT2D eigenvalue weighted by Crippen LogP contribution is 2.47. The Morgan fingerprint density at radius 1 is 0.923 bits per heavy atom. The molecule has 2 heteroatoms. The van der Waals surface area contributed by atoms with Crippen LogP contribution >= 0.6 is 0 Å². The molecular formula is C24H42O2. The highest BCUT2D eigenvalue weighted by Gasteiger charge is 2.41. The molecule has 0 fully saturated rings. The van der Waals surface area contributed by atoms with Gasteiger partial charge in [0.1, 0.15) is 0 Å². The molecule has 1 aromatic carbocycles. The average Bonchev–Trinajstić information content (AvgIpc) is 2.53. The summed E-state index contributed by atoms with van der Waals surface area (Å²) in [5, 5.41) is 22.0. The lowest BCUT2D eigenvalue weighted by atomic mass is 9.66. The Bertz CT molecular complexity index is 548. The summed E-state index contributed by atoms with van der Waals surface area (Å²) in [7, 11) is 0. The van der Waals surface area contributed by atoms with Gasteiger partial charge >= 0.3 is 0 Å². The summed E-state index contributed by atoms with van der Waals surface area (Å²) >= 11 is 0. The molecule has 150 valence electrons. The fourth-order valence-electron chi connectivity index (χ4n) is 3.95. The van der Waals surface area contributed by atoms with Gasteiger partial charge in [-0.3, -0.25) is 0 Å². The van der Waals surface area contributed by atoms with Crippen molar-refractivity contribution in [2.45, 2.75) is 105 Å². The summed E-state index contributed by atoms with van der Waals surface area (Å²) in [5.74, 6) is 0. The van der Waals surface area contributed by atoms with Crippen molar-refractivity contribution in [3.8, 4) is 0 Å².